The standard InChI is InChI=1S/C6H3F.CFNS/c7-6-2-4-1-5(4)3-6;2-3-1-4/h1-3H;. The summed E-state index contributed by atoms with van der Waals surface area (Å²) >= 11 is 3.76. The molecule has 0 radical (unpaired) electrons. The van der Waals surface area contributed by atoms with Crippen LogP contribution in [0.5, 0.6) is 0 Å². The van der Waals surface area contributed by atoms with Crippen molar-refractivity contribution in [1.82, 2.24) is 0 Å². The number of hydrogen-bond acceptors (Lipinski definition) is 2. The fourth-order valence-corrected chi connectivity index (χ4v) is 0.720. The van der Waals surface area contributed by atoms with E-state index >= 15 is 0 Å². The smallest absolute Gasteiger partial charge is 0.124 e. The molecule has 2 rings (SSSR count). The van der Waals surface area contributed by atoms with E-state index in [4.69, 9.17) is 0 Å². The number of halogens is 2. The van der Waals surface area contributed by atoms with Gasteiger partial charge in [0.15, 0.2) is 0 Å². The van der Waals surface area contributed by atoms with Gasteiger partial charge in [-0.15, -0.1) is 0 Å². The Labute approximate surface area is 67.3 Å². The van der Waals surface area contributed by atoms with E-state index in [0.29, 0.717) is 0 Å². The fourth-order valence-electron chi connectivity index (χ4n) is 0.720. The minimum atomic E-state index is -0.104. The maximum atomic E-state index is 11.9. The molecule has 2 aliphatic rings. The zero-order valence-electron chi connectivity index (χ0n) is 5.34. The largest absolute Gasteiger partial charge is 0.207 e. The molecule has 0 N–H and O–H groups in total. The zero-order chi connectivity index (χ0) is 8.27. The van der Waals surface area contributed by atoms with Crippen LogP contribution in [0.3, 0.4) is 0 Å². The van der Waals surface area contributed by atoms with Gasteiger partial charge >= 0.3 is 0 Å². The molecule has 56 valence electrons. The normalized spacial score (nSPS) is 8.91. The molecule has 0 fully saturated rings. The number of thiocarbonyl (C=S) groups is 1. The first-order valence-electron chi connectivity index (χ1n) is 2.77. The van der Waals surface area contributed by atoms with E-state index in [-0.39, 0.29) is 5.82 Å². The molecule has 1 nitrogen and oxygen atoms in total. The van der Waals surface area contributed by atoms with Crippen LogP contribution < -0.4 is 0 Å². The summed E-state index contributed by atoms with van der Waals surface area (Å²) in [5.74, 6) is -0.104. The van der Waals surface area contributed by atoms with Gasteiger partial charge in [-0.05, 0) is 46.8 Å². The average molecular weight is 171 g/mol. The summed E-state index contributed by atoms with van der Waals surface area (Å²) in [6, 6.07) is 5.02. The first kappa shape index (κ1) is 7.98. The van der Waals surface area contributed by atoms with Crippen LogP contribution in [0, 0.1) is 5.82 Å². The number of isothiocyanates is 1. The molecule has 0 aliphatic heterocycles. The molecule has 11 heavy (non-hydrogen) atoms. The third-order valence-corrected chi connectivity index (χ3v) is 1.25. The molecule has 0 aromatic heterocycles. The summed E-state index contributed by atoms with van der Waals surface area (Å²) in [6.45, 7) is 0. The fraction of sp³-hybridized carbons (Fsp3) is 0. The molecule has 4 heteroatoms. The van der Waals surface area contributed by atoms with Crippen molar-refractivity contribution in [3.63, 3.8) is 0 Å². The van der Waals surface area contributed by atoms with Crippen molar-refractivity contribution in [2.75, 3.05) is 0 Å². The molecule has 0 heterocycles. The third kappa shape index (κ3) is 2.18. The predicted octanol–water partition coefficient (Wildman–Crippen LogP) is 2.78. The lowest BCUT2D eigenvalue weighted by atomic mass is 10.6. The van der Waals surface area contributed by atoms with Crippen LogP contribution in [0.2, 0.25) is 0 Å². The van der Waals surface area contributed by atoms with Crippen molar-refractivity contribution in [3.8, 4) is 11.1 Å². The van der Waals surface area contributed by atoms with E-state index in [9.17, 15) is 8.87 Å². The molecule has 0 aromatic rings. The zero-order valence-corrected chi connectivity index (χ0v) is 6.16. The molecule has 0 saturated heterocycles. The lowest BCUT2D eigenvalue weighted by molar-refractivity contribution is 0.543. The molecule has 0 bridgehead atoms. The maximum absolute atomic E-state index is 11.9. The average Bonchev–Trinajstić information content (AvgIpc) is 2.61. The number of rotatable bonds is 0. The van der Waals surface area contributed by atoms with E-state index in [1.165, 1.54) is 17.3 Å². The second-order valence-electron chi connectivity index (χ2n) is 1.90. The Bertz CT molecular complexity index is 298. The van der Waals surface area contributed by atoms with Crippen molar-refractivity contribution in [2.24, 2.45) is 5.21 Å². The summed E-state index contributed by atoms with van der Waals surface area (Å²) < 4.78 is 22.1. The first-order valence-corrected chi connectivity index (χ1v) is 3.18. The number of nitrogens with zero attached hydrogens (tertiary/aromatic N) is 1. The van der Waals surface area contributed by atoms with E-state index in [0.717, 1.165) is 11.1 Å². The predicted molar refractivity (Wildman–Crippen MR) is 41.5 cm³/mol. The van der Waals surface area contributed by atoms with E-state index < -0.39 is 0 Å². The van der Waals surface area contributed by atoms with Crippen LogP contribution in [0.1, 0.15) is 0 Å². The van der Waals surface area contributed by atoms with Gasteiger partial charge in [-0.2, -0.15) is 0 Å². The molecule has 0 spiro atoms. The highest BCUT2D eigenvalue weighted by Crippen LogP contribution is 2.34. The number of benzene rings is 1. The minimum absolute atomic E-state index is 0.104. The van der Waals surface area contributed by atoms with Crippen molar-refractivity contribution < 1.29 is 8.87 Å². The number of fused-ring (bicyclic) bond motifs is 1. The van der Waals surface area contributed by atoms with Crippen LogP contribution in [-0.4, -0.2) is 5.16 Å². The molecule has 0 amide bonds. The molecule has 0 saturated carbocycles. The summed E-state index contributed by atoms with van der Waals surface area (Å²) in [7, 11) is 0. The summed E-state index contributed by atoms with van der Waals surface area (Å²) in [4.78, 5) is 0. The van der Waals surface area contributed by atoms with Gasteiger partial charge in [-0.1, -0.05) is 4.48 Å². The highest BCUT2D eigenvalue weighted by molar-refractivity contribution is 7.78. The quantitative estimate of drug-likeness (QED) is 0.438. The van der Waals surface area contributed by atoms with Crippen LogP contribution in [0.15, 0.2) is 23.4 Å². The van der Waals surface area contributed by atoms with Crippen molar-refractivity contribution >= 4 is 17.4 Å². The lowest BCUT2D eigenvalue weighted by Crippen LogP contribution is -1.51. The Morgan fingerprint density at radius 2 is 1.73 bits per heavy atom. The van der Waals surface area contributed by atoms with Gasteiger partial charge in [-0.25, -0.2) is 4.39 Å². The van der Waals surface area contributed by atoms with Crippen LogP contribution >= 0.6 is 12.2 Å². The SMILES string of the molecule is FN=C=S.Fc1cc2cc-2c1. The van der Waals surface area contributed by atoms with Gasteiger partial charge in [0.05, 0.1) is 5.16 Å². The molecule has 0 aromatic carbocycles. The van der Waals surface area contributed by atoms with Gasteiger partial charge in [0.1, 0.15) is 5.82 Å². The third-order valence-electron chi connectivity index (χ3n) is 1.18. The monoisotopic (exact) mass is 171 g/mol. The van der Waals surface area contributed by atoms with Gasteiger partial charge in [0.25, 0.3) is 0 Å². The van der Waals surface area contributed by atoms with Crippen molar-refractivity contribution in [3.05, 3.63) is 24.0 Å². The molecular formula is C7H3F2NS. The highest BCUT2D eigenvalue weighted by atomic mass is 32.1. The topological polar surface area (TPSA) is 12.4 Å². The van der Waals surface area contributed by atoms with Gasteiger partial charge < -0.3 is 0 Å². The van der Waals surface area contributed by atoms with E-state index in [2.05, 4.69) is 12.2 Å². The first-order chi connectivity index (χ1) is 5.27. The summed E-state index contributed by atoms with van der Waals surface area (Å²) in [5.41, 5.74) is 2.13. The highest BCUT2D eigenvalue weighted by Gasteiger charge is 2.12. The molecule has 2 aliphatic carbocycles. The van der Waals surface area contributed by atoms with Crippen molar-refractivity contribution in [1.29, 1.82) is 0 Å². The summed E-state index contributed by atoms with van der Waals surface area (Å²) in [5, 5.41) is 3.27. The number of hydrogen-bond donors (Lipinski definition) is 0. The minimum Gasteiger partial charge on any atom is -0.207 e. The molecular weight excluding hydrogens is 168 g/mol. The Hall–Kier alpha value is -1.12. The van der Waals surface area contributed by atoms with Crippen LogP contribution in [0.4, 0.5) is 8.87 Å². The molecule has 0 unspecified atom stereocenters. The Kier molecular flexibility index (Phi) is 2.41. The van der Waals surface area contributed by atoms with E-state index in [1.54, 1.807) is 5.21 Å². The van der Waals surface area contributed by atoms with Gasteiger partial charge in [0.2, 0.25) is 0 Å². The summed E-state index contributed by atoms with van der Waals surface area (Å²) in [6.07, 6.45) is 0. The second kappa shape index (κ2) is 3.32. The molecule has 0 atom stereocenters. The van der Waals surface area contributed by atoms with Gasteiger partial charge in [-0.3, -0.25) is 0 Å². The Balaban J connectivity index is 0.000000134. The van der Waals surface area contributed by atoms with Gasteiger partial charge in [0, 0.05) is 0 Å². The lowest BCUT2D eigenvalue weighted by Gasteiger charge is -1.64. The second-order valence-corrected chi connectivity index (χ2v) is 2.09. The van der Waals surface area contributed by atoms with Crippen molar-refractivity contribution in [2.45, 2.75) is 0 Å². The van der Waals surface area contributed by atoms with Crippen LogP contribution in [0.25, 0.3) is 11.1 Å². The Morgan fingerprint density at radius 1 is 1.27 bits per heavy atom. The van der Waals surface area contributed by atoms with Crippen LogP contribution in [-0.2, 0) is 0 Å². The Morgan fingerprint density at radius 3 is 1.91 bits per heavy atom. The van der Waals surface area contributed by atoms with E-state index in [1.807, 2.05) is 6.07 Å². The maximum Gasteiger partial charge on any atom is 0.124 e.